The number of alkyl halides is 3. The molecule has 132 valence electrons. The van der Waals surface area contributed by atoms with Crippen molar-refractivity contribution in [2.24, 2.45) is 0 Å². The Balaban J connectivity index is 1.87. The third kappa shape index (κ3) is 5.63. The third-order valence-electron chi connectivity index (χ3n) is 3.42. The lowest BCUT2D eigenvalue weighted by Crippen LogP contribution is -2.16. The normalized spacial score (nSPS) is 11.0. The van der Waals surface area contributed by atoms with Crippen LogP contribution in [0.5, 0.6) is 0 Å². The van der Waals surface area contributed by atoms with E-state index < -0.39 is 11.7 Å². The summed E-state index contributed by atoms with van der Waals surface area (Å²) in [6, 6.07) is 11.3. The fourth-order valence-corrected chi connectivity index (χ4v) is 2.17. The predicted molar refractivity (Wildman–Crippen MR) is 89.6 cm³/mol. The number of carbonyl (C=O) groups excluding carboxylic acids is 2. The number of Topliss-reactive ketones (excluding diaryl/α,β-unsaturated/α-hetero) is 1. The molecule has 25 heavy (non-hydrogen) atoms. The van der Waals surface area contributed by atoms with Gasteiger partial charge in [0.1, 0.15) is 0 Å². The summed E-state index contributed by atoms with van der Waals surface area (Å²) in [5, 5.41) is 5.44. The van der Waals surface area contributed by atoms with Crippen LogP contribution in [0.1, 0.15) is 29.3 Å². The highest BCUT2D eigenvalue weighted by Crippen LogP contribution is 2.30. The van der Waals surface area contributed by atoms with E-state index >= 15 is 0 Å². The molecular weight excluding hydrogens is 333 g/mol. The number of carbonyl (C=O) groups is 2. The van der Waals surface area contributed by atoms with Crippen LogP contribution in [0.25, 0.3) is 0 Å². The van der Waals surface area contributed by atoms with E-state index in [4.69, 9.17) is 0 Å². The Hall–Kier alpha value is -2.83. The van der Waals surface area contributed by atoms with Gasteiger partial charge >= 0.3 is 6.18 Å². The van der Waals surface area contributed by atoms with Crippen LogP contribution in [0.3, 0.4) is 0 Å². The molecule has 2 aromatic rings. The number of hydrogen-bond donors (Lipinski definition) is 2. The second kappa shape index (κ2) is 7.83. The number of nitrogens with one attached hydrogen (secondary N) is 2. The molecule has 0 aliphatic heterocycles. The molecule has 0 spiro atoms. The molecule has 0 saturated heterocycles. The summed E-state index contributed by atoms with van der Waals surface area (Å²) in [5.74, 6) is -0.414. The Morgan fingerprint density at radius 2 is 1.68 bits per heavy atom. The summed E-state index contributed by atoms with van der Waals surface area (Å²) < 4.78 is 37.9. The van der Waals surface area contributed by atoms with Crippen LogP contribution in [-0.4, -0.2) is 18.2 Å². The number of halogens is 3. The van der Waals surface area contributed by atoms with E-state index in [-0.39, 0.29) is 24.7 Å². The minimum absolute atomic E-state index is 0.0700. The van der Waals surface area contributed by atoms with Gasteiger partial charge in [-0.15, -0.1) is 0 Å². The van der Waals surface area contributed by atoms with E-state index in [1.165, 1.54) is 19.1 Å². The van der Waals surface area contributed by atoms with Gasteiger partial charge in [0.15, 0.2) is 5.78 Å². The Morgan fingerprint density at radius 1 is 1.00 bits per heavy atom. The molecule has 2 N–H and O–H groups in total. The number of hydrogen-bond acceptors (Lipinski definition) is 3. The molecular formula is C18H17F3N2O2. The molecule has 0 atom stereocenters. The monoisotopic (exact) mass is 350 g/mol. The Labute approximate surface area is 143 Å². The van der Waals surface area contributed by atoms with Crippen molar-refractivity contribution in [2.75, 3.05) is 17.2 Å². The molecule has 0 radical (unpaired) electrons. The maximum atomic E-state index is 12.6. The lowest BCUT2D eigenvalue weighted by atomic mass is 10.1. The topological polar surface area (TPSA) is 58.2 Å². The number of anilines is 2. The predicted octanol–water partition coefficient (Wildman–Crippen LogP) is 4.35. The number of ketones is 1. The zero-order valence-electron chi connectivity index (χ0n) is 13.5. The third-order valence-corrected chi connectivity index (χ3v) is 3.42. The van der Waals surface area contributed by atoms with Gasteiger partial charge in [0.2, 0.25) is 5.91 Å². The van der Waals surface area contributed by atoms with Gasteiger partial charge in [-0.3, -0.25) is 9.59 Å². The van der Waals surface area contributed by atoms with E-state index in [1.807, 2.05) is 0 Å². The standard InChI is InChI=1S/C18H17F3N2O2/c1-12(24)13-4-2-7-16(10-13)23-17(25)8-9-22-15-6-3-5-14(11-15)18(19,20)21/h2-7,10-11,22H,8-9H2,1H3,(H,23,25). The largest absolute Gasteiger partial charge is 0.416 e. The number of benzene rings is 2. The van der Waals surface area contributed by atoms with Crippen LogP contribution >= 0.6 is 0 Å². The van der Waals surface area contributed by atoms with Gasteiger partial charge in [0, 0.05) is 29.9 Å². The van der Waals surface area contributed by atoms with Crippen LogP contribution in [0.4, 0.5) is 24.5 Å². The van der Waals surface area contributed by atoms with E-state index in [2.05, 4.69) is 10.6 Å². The first kappa shape index (κ1) is 18.5. The quantitative estimate of drug-likeness (QED) is 0.762. The zero-order chi connectivity index (χ0) is 18.4. The summed E-state index contributed by atoms with van der Waals surface area (Å²) in [6.07, 6.45) is -4.34. The Bertz CT molecular complexity index is 773. The molecule has 0 aliphatic carbocycles. The van der Waals surface area contributed by atoms with Crippen LogP contribution < -0.4 is 10.6 Å². The van der Waals surface area contributed by atoms with E-state index in [0.717, 1.165) is 12.1 Å². The maximum Gasteiger partial charge on any atom is 0.416 e. The second-order valence-corrected chi connectivity index (χ2v) is 5.44. The van der Waals surface area contributed by atoms with Gasteiger partial charge in [-0.2, -0.15) is 13.2 Å². The summed E-state index contributed by atoms with van der Waals surface area (Å²) in [5.41, 5.74) is 0.529. The average molecular weight is 350 g/mol. The molecule has 0 bridgehead atoms. The first-order valence-electron chi connectivity index (χ1n) is 7.58. The molecule has 7 heteroatoms. The minimum Gasteiger partial charge on any atom is -0.385 e. The van der Waals surface area contributed by atoms with Gasteiger partial charge in [0.05, 0.1) is 5.56 Å². The van der Waals surface area contributed by atoms with Crippen molar-refractivity contribution >= 4 is 23.1 Å². The fourth-order valence-electron chi connectivity index (χ4n) is 2.17. The van der Waals surface area contributed by atoms with Crippen molar-refractivity contribution in [3.05, 3.63) is 59.7 Å². The van der Waals surface area contributed by atoms with Crippen molar-refractivity contribution in [1.29, 1.82) is 0 Å². The Morgan fingerprint density at radius 3 is 2.36 bits per heavy atom. The van der Waals surface area contributed by atoms with Crippen LogP contribution in [0, 0.1) is 0 Å². The van der Waals surface area contributed by atoms with Crippen molar-refractivity contribution in [3.8, 4) is 0 Å². The second-order valence-electron chi connectivity index (χ2n) is 5.44. The van der Waals surface area contributed by atoms with Crippen molar-refractivity contribution in [2.45, 2.75) is 19.5 Å². The van der Waals surface area contributed by atoms with Crippen molar-refractivity contribution in [3.63, 3.8) is 0 Å². The first-order valence-corrected chi connectivity index (χ1v) is 7.58. The lowest BCUT2D eigenvalue weighted by Gasteiger charge is -2.11. The van der Waals surface area contributed by atoms with Gasteiger partial charge in [0.25, 0.3) is 0 Å². The SMILES string of the molecule is CC(=O)c1cccc(NC(=O)CCNc2cccc(C(F)(F)F)c2)c1. The van der Waals surface area contributed by atoms with E-state index in [1.54, 1.807) is 24.3 Å². The van der Waals surface area contributed by atoms with Crippen LogP contribution in [0.2, 0.25) is 0 Å². The smallest absolute Gasteiger partial charge is 0.385 e. The zero-order valence-corrected chi connectivity index (χ0v) is 13.5. The summed E-state index contributed by atoms with van der Waals surface area (Å²) in [4.78, 5) is 23.2. The van der Waals surface area contributed by atoms with Crippen LogP contribution in [-0.2, 0) is 11.0 Å². The molecule has 2 aromatic carbocycles. The minimum atomic E-state index is -4.41. The van der Waals surface area contributed by atoms with E-state index in [0.29, 0.717) is 16.9 Å². The van der Waals surface area contributed by atoms with Gasteiger partial charge in [-0.25, -0.2) is 0 Å². The molecule has 0 saturated carbocycles. The number of amides is 1. The Kier molecular flexibility index (Phi) is 5.80. The summed E-state index contributed by atoms with van der Waals surface area (Å²) >= 11 is 0. The van der Waals surface area contributed by atoms with Gasteiger partial charge in [-0.1, -0.05) is 18.2 Å². The maximum absolute atomic E-state index is 12.6. The highest BCUT2D eigenvalue weighted by molar-refractivity contribution is 5.97. The highest BCUT2D eigenvalue weighted by Gasteiger charge is 2.30. The highest BCUT2D eigenvalue weighted by atomic mass is 19.4. The molecule has 1 amide bonds. The fraction of sp³-hybridized carbons (Fsp3) is 0.222. The molecule has 0 aliphatic rings. The molecule has 0 aromatic heterocycles. The average Bonchev–Trinajstić information content (AvgIpc) is 2.54. The molecule has 0 heterocycles. The summed E-state index contributed by atoms with van der Waals surface area (Å²) in [7, 11) is 0. The van der Waals surface area contributed by atoms with Crippen LogP contribution in [0.15, 0.2) is 48.5 Å². The van der Waals surface area contributed by atoms with Crippen molar-refractivity contribution < 1.29 is 22.8 Å². The van der Waals surface area contributed by atoms with Gasteiger partial charge < -0.3 is 10.6 Å². The van der Waals surface area contributed by atoms with E-state index in [9.17, 15) is 22.8 Å². The molecule has 2 rings (SSSR count). The lowest BCUT2D eigenvalue weighted by molar-refractivity contribution is -0.137. The summed E-state index contributed by atoms with van der Waals surface area (Å²) in [6.45, 7) is 1.61. The molecule has 0 unspecified atom stereocenters. The first-order chi connectivity index (χ1) is 11.8. The number of rotatable bonds is 6. The van der Waals surface area contributed by atoms with Crippen molar-refractivity contribution in [1.82, 2.24) is 0 Å². The molecule has 0 fully saturated rings. The molecule has 4 nitrogen and oxygen atoms in total. The van der Waals surface area contributed by atoms with Gasteiger partial charge in [-0.05, 0) is 37.3 Å².